The van der Waals surface area contributed by atoms with E-state index in [4.69, 9.17) is 9.47 Å². The van der Waals surface area contributed by atoms with Crippen molar-refractivity contribution < 1.29 is 18.7 Å². The number of carbonyl (C=O) groups excluding carboxylic acids is 1. The van der Waals surface area contributed by atoms with Crippen LogP contribution in [0.2, 0.25) is 0 Å². The summed E-state index contributed by atoms with van der Waals surface area (Å²) in [7, 11) is 2.84. The molecule has 0 aliphatic rings. The van der Waals surface area contributed by atoms with Crippen molar-refractivity contribution in [2.24, 2.45) is 0 Å². The molecule has 0 aromatic heterocycles. The summed E-state index contributed by atoms with van der Waals surface area (Å²) in [4.78, 5) is 12.3. The monoisotopic (exact) mass is 338 g/mol. The summed E-state index contributed by atoms with van der Waals surface area (Å²) in [6.07, 6.45) is 0. The third-order valence-electron chi connectivity index (χ3n) is 2.80. The van der Waals surface area contributed by atoms with Crippen LogP contribution >= 0.6 is 15.9 Å². The number of hydrogen-bond acceptors (Lipinski definition) is 3. The minimum absolute atomic E-state index is 0.0549. The SMILES string of the molecule is COc1cc(F)c(C(=O)c2cccc(Br)c2)cc1OC. The lowest BCUT2D eigenvalue weighted by molar-refractivity contribution is 0.103. The minimum Gasteiger partial charge on any atom is -0.493 e. The Kier molecular flexibility index (Phi) is 4.39. The van der Waals surface area contributed by atoms with E-state index >= 15 is 0 Å². The highest BCUT2D eigenvalue weighted by molar-refractivity contribution is 9.10. The molecule has 20 heavy (non-hydrogen) atoms. The highest BCUT2D eigenvalue weighted by Crippen LogP contribution is 2.31. The van der Waals surface area contributed by atoms with Crippen molar-refractivity contribution in [3.8, 4) is 11.5 Å². The zero-order valence-electron chi connectivity index (χ0n) is 10.9. The maximum Gasteiger partial charge on any atom is 0.196 e. The predicted molar refractivity (Wildman–Crippen MR) is 77.1 cm³/mol. The van der Waals surface area contributed by atoms with Crippen LogP contribution in [0.25, 0.3) is 0 Å². The first kappa shape index (κ1) is 14.5. The zero-order chi connectivity index (χ0) is 14.7. The fourth-order valence-electron chi connectivity index (χ4n) is 1.81. The Hall–Kier alpha value is -1.88. The molecule has 3 nitrogen and oxygen atoms in total. The zero-order valence-corrected chi connectivity index (χ0v) is 12.5. The molecular formula is C15H12BrFO3. The van der Waals surface area contributed by atoms with Gasteiger partial charge in [-0.15, -0.1) is 0 Å². The second-order valence-corrected chi connectivity index (χ2v) is 4.94. The smallest absolute Gasteiger partial charge is 0.196 e. The topological polar surface area (TPSA) is 35.5 Å². The van der Waals surface area contributed by atoms with Crippen LogP contribution in [0, 0.1) is 5.82 Å². The highest BCUT2D eigenvalue weighted by atomic mass is 79.9. The first-order chi connectivity index (χ1) is 9.56. The first-order valence-electron chi connectivity index (χ1n) is 5.78. The van der Waals surface area contributed by atoms with Gasteiger partial charge in [0.2, 0.25) is 0 Å². The molecule has 5 heteroatoms. The molecule has 0 aliphatic heterocycles. The van der Waals surface area contributed by atoms with E-state index in [0.29, 0.717) is 11.3 Å². The van der Waals surface area contributed by atoms with Gasteiger partial charge < -0.3 is 9.47 Å². The van der Waals surface area contributed by atoms with E-state index in [9.17, 15) is 9.18 Å². The van der Waals surface area contributed by atoms with Gasteiger partial charge in [0, 0.05) is 16.1 Å². The lowest BCUT2D eigenvalue weighted by Gasteiger charge is -2.10. The molecule has 0 heterocycles. The van der Waals surface area contributed by atoms with Gasteiger partial charge in [-0.2, -0.15) is 0 Å². The number of rotatable bonds is 4. The molecule has 2 aromatic carbocycles. The van der Waals surface area contributed by atoms with E-state index < -0.39 is 11.6 Å². The molecule has 0 aliphatic carbocycles. The Morgan fingerprint density at radius 1 is 1.10 bits per heavy atom. The van der Waals surface area contributed by atoms with E-state index in [0.717, 1.165) is 10.5 Å². The fraction of sp³-hybridized carbons (Fsp3) is 0.133. The largest absolute Gasteiger partial charge is 0.493 e. The van der Waals surface area contributed by atoms with Crippen LogP contribution in [0.1, 0.15) is 15.9 Å². The quantitative estimate of drug-likeness (QED) is 0.794. The predicted octanol–water partition coefficient (Wildman–Crippen LogP) is 3.84. The molecule has 104 valence electrons. The summed E-state index contributed by atoms with van der Waals surface area (Å²) in [5.74, 6) is -0.500. The second-order valence-electron chi connectivity index (χ2n) is 4.03. The van der Waals surface area contributed by atoms with Gasteiger partial charge in [0.05, 0.1) is 19.8 Å². The number of hydrogen-bond donors (Lipinski definition) is 0. The second kappa shape index (κ2) is 6.05. The van der Waals surface area contributed by atoms with Crippen molar-refractivity contribution >= 4 is 21.7 Å². The lowest BCUT2D eigenvalue weighted by Crippen LogP contribution is -2.05. The lowest BCUT2D eigenvalue weighted by atomic mass is 10.0. The van der Waals surface area contributed by atoms with Crippen LogP contribution in [0.5, 0.6) is 11.5 Å². The minimum atomic E-state index is -0.646. The van der Waals surface area contributed by atoms with Gasteiger partial charge in [-0.05, 0) is 18.2 Å². The molecule has 2 aromatic rings. The van der Waals surface area contributed by atoms with Gasteiger partial charge >= 0.3 is 0 Å². The average molecular weight is 339 g/mol. The molecule has 0 saturated carbocycles. The average Bonchev–Trinajstić information content (AvgIpc) is 2.46. The van der Waals surface area contributed by atoms with E-state index in [-0.39, 0.29) is 11.3 Å². The maximum atomic E-state index is 14.0. The summed E-state index contributed by atoms with van der Waals surface area (Å²) < 4.78 is 24.9. The van der Waals surface area contributed by atoms with Gasteiger partial charge in [-0.25, -0.2) is 4.39 Å². The number of ketones is 1. The van der Waals surface area contributed by atoms with Gasteiger partial charge in [0.25, 0.3) is 0 Å². The van der Waals surface area contributed by atoms with Crippen molar-refractivity contribution in [2.45, 2.75) is 0 Å². The van der Waals surface area contributed by atoms with Crippen molar-refractivity contribution in [1.82, 2.24) is 0 Å². The number of methoxy groups -OCH3 is 2. The Labute approximate surface area is 124 Å². The van der Waals surface area contributed by atoms with Crippen molar-refractivity contribution in [3.05, 3.63) is 57.8 Å². The molecule has 0 amide bonds. The first-order valence-corrected chi connectivity index (χ1v) is 6.58. The van der Waals surface area contributed by atoms with Crippen molar-refractivity contribution in [3.63, 3.8) is 0 Å². The van der Waals surface area contributed by atoms with Gasteiger partial charge in [0.1, 0.15) is 5.82 Å². The van der Waals surface area contributed by atoms with Gasteiger partial charge in [0.15, 0.2) is 17.3 Å². The molecule has 0 bridgehead atoms. The molecule has 0 spiro atoms. The van der Waals surface area contributed by atoms with E-state index in [1.807, 2.05) is 0 Å². The van der Waals surface area contributed by atoms with Gasteiger partial charge in [-0.3, -0.25) is 4.79 Å². The van der Waals surface area contributed by atoms with Crippen LogP contribution in [0.4, 0.5) is 4.39 Å². The Morgan fingerprint density at radius 3 is 2.35 bits per heavy atom. The Morgan fingerprint density at radius 2 is 1.75 bits per heavy atom. The normalized spacial score (nSPS) is 10.2. The third-order valence-corrected chi connectivity index (χ3v) is 3.30. The van der Waals surface area contributed by atoms with Crippen LogP contribution in [0.15, 0.2) is 40.9 Å². The van der Waals surface area contributed by atoms with Crippen molar-refractivity contribution in [1.29, 1.82) is 0 Å². The van der Waals surface area contributed by atoms with Crippen molar-refractivity contribution in [2.75, 3.05) is 14.2 Å². The van der Waals surface area contributed by atoms with Crippen LogP contribution in [0.3, 0.4) is 0 Å². The highest BCUT2D eigenvalue weighted by Gasteiger charge is 2.18. The van der Waals surface area contributed by atoms with Crippen LogP contribution in [-0.4, -0.2) is 20.0 Å². The van der Waals surface area contributed by atoms with E-state index in [1.165, 1.54) is 20.3 Å². The molecule has 0 atom stereocenters. The number of halogens is 2. The molecule has 0 N–H and O–H groups in total. The summed E-state index contributed by atoms with van der Waals surface area (Å²) in [6.45, 7) is 0. The molecular weight excluding hydrogens is 327 g/mol. The standard InChI is InChI=1S/C15H12BrFO3/c1-19-13-7-11(12(17)8-14(13)20-2)15(18)9-4-3-5-10(16)6-9/h3-8H,1-2H3. The number of ether oxygens (including phenoxy) is 2. The Balaban J connectivity index is 2.49. The summed E-state index contributed by atoms with van der Waals surface area (Å²) in [5, 5.41) is 0. The maximum absolute atomic E-state index is 14.0. The summed E-state index contributed by atoms with van der Waals surface area (Å²) >= 11 is 3.28. The Bertz CT molecular complexity index is 656. The number of carbonyl (C=O) groups is 1. The summed E-state index contributed by atoms with van der Waals surface area (Å²) in [6, 6.07) is 9.26. The molecule has 0 fully saturated rings. The molecule has 0 saturated heterocycles. The van der Waals surface area contributed by atoms with E-state index in [2.05, 4.69) is 15.9 Å². The molecule has 0 radical (unpaired) electrons. The fourth-order valence-corrected chi connectivity index (χ4v) is 2.21. The van der Waals surface area contributed by atoms with Crippen LogP contribution < -0.4 is 9.47 Å². The van der Waals surface area contributed by atoms with Gasteiger partial charge in [-0.1, -0.05) is 28.1 Å². The molecule has 0 unspecified atom stereocenters. The summed E-state index contributed by atoms with van der Waals surface area (Å²) in [5.41, 5.74) is 0.339. The molecule has 2 rings (SSSR count). The number of benzene rings is 2. The third kappa shape index (κ3) is 2.82. The van der Waals surface area contributed by atoms with Crippen LogP contribution in [-0.2, 0) is 0 Å². The van der Waals surface area contributed by atoms with E-state index in [1.54, 1.807) is 24.3 Å².